The molecule has 8 heteroatoms. The van der Waals surface area contributed by atoms with Gasteiger partial charge in [0, 0.05) is 18.7 Å². The van der Waals surface area contributed by atoms with Gasteiger partial charge in [0.15, 0.2) is 0 Å². The monoisotopic (exact) mass is 516 g/mol. The van der Waals surface area contributed by atoms with Gasteiger partial charge >= 0.3 is 0 Å². The number of hydrogen-bond donors (Lipinski definition) is 1. The number of nitrogens with zero attached hydrogens (tertiary/aromatic N) is 2. The third-order valence-corrected chi connectivity index (χ3v) is 12.3. The number of benzene rings is 3. The normalized spacial score (nSPS) is 20.4. The zero-order valence-electron chi connectivity index (χ0n) is 21.3. The fourth-order valence-corrected chi connectivity index (χ4v) is 10.2. The predicted octanol–water partition coefficient (Wildman–Crippen LogP) is 4.77. The quantitative estimate of drug-likeness (QED) is 0.217. The Labute approximate surface area is 217 Å². The Morgan fingerprint density at radius 2 is 1.62 bits per heavy atom. The van der Waals surface area contributed by atoms with E-state index in [1.54, 1.807) is 18.3 Å². The summed E-state index contributed by atoms with van der Waals surface area (Å²) in [4.78, 5) is 11.1. The molecule has 1 aliphatic heterocycles. The van der Waals surface area contributed by atoms with Crippen LogP contribution in [0.1, 0.15) is 33.4 Å². The molecule has 4 aromatic rings. The van der Waals surface area contributed by atoms with Crippen LogP contribution in [0.5, 0.6) is 0 Å². The highest BCUT2D eigenvalue weighted by Crippen LogP contribution is 2.39. The van der Waals surface area contributed by atoms with E-state index in [0.29, 0.717) is 17.3 Å². The van der Waals surface area contributed by atoms with Gasteiger partial charge in [-0.25, -0.2) is 0 Å². The van der Waals surface area contributed by atoms with Crippen LogP contribution in [0, 0.1) is 10.1 Å². The first-order valence-electron chi connectivity index (χ1n) is 12.5. The van der Waals surface area contributed by atoms with Crippen molar-refractivity contribution in [2.24, 2.45) is 0 Å². The molecule has 1 N–H and O–H groups in total. The van der Waals surface area contributed by atoms with Gasteiger partial charge in [0.25, 0.3) is 14.0 Å². The molecule has 3 atom stereocenters. The number of rotatable bonds is 7. The SMILES string of the molecule is CC(C)(C)[Si](OC[C@H]1O[C@H](n2ccc3c([N+](=O)[O-])cccc32)C[C@@H]1O)(c1ccccc1)c1ccccc1. The maximum atomic E-state index is 11.5. The van der Waals surface area contributed by atoms with Crippen molar-refractivity contribution in [3.05, 3.63) is 101 Å². The van der Waals surface area contributed by atoms with Crippen LogP contribution in [-0.2, 0) is 9.16 Å². The van der Waals surface area contributed by atoms with Crippen molar-refractivity contribution in [2.75, 3.05) is 6.61 Å². The largest absolute Gasteiger partial charge is 0.405 e. The van der Waals surface area contributed by atoms with Gasteiger partial charge in [-0.05, 0) is 27.5 Å². The lowest BCUT2D eigenvalue weighted by Crippen LogP contribution is -2.67. The first-order chi connectivity index (χ1) is 17.7. The summed E-state index contributed by atoms with van der Waals surface area (Å²) in [5.74, 6) is 0. The van der Waals surface area contributed by atoms with Gasteiger partial charge in [-0.1, -0.05) is 87.5 Å². The van der Waals surface area contributed by atoms with Crippen molar-refractivity contribution in [2.45, 2.75) is 50.7 Å². The van der Waals surface area contributed by atoms with Crippen molar-refractivity contribution in [3.8, 4) is 0 Å². The van der Waals surface area contributed by atoms with Crippen LogP contribution in [0.15, 0.2) is 91.1 Å². The highest BCUT2D eigenvalue weighted by atomic mass is 28.4. The van der Waals surface area contributed by atoms with Gasteiger partial charge in [-0.15, -0.1) is 0 Å². The standard InChI is InChI=1S/C29H32N2O5Si/c1-29(2,3)37(21-11-6-4-7-12-21,22-13-8-5-9-14-22)35-20-27-26(32)19-28(36-27)30-18-17-23-24(30)15-10-16-25(23)31(33)34/h4-18,26-28,32H,19-20H2,1-3H3/t26-,27+,28-/m0/s1. The van der Waals surface area contributed by atoms with E-state index in [2.05, 4.69) is 45.0 Å². The number of nitro groups is 1. The van der Waals surface area contributed by atoms with Gasteiger partial charge in [-0.2, -0.15) is 0 Å². The van der Waals surface area contributed by atoms with E-state index < -0.39 is 26.8 Å². The predicted molar refractivity (Wildman–Crippen MR) is 147 cm³/mol. The van der Waals surface area contributed by atoms with Crippen molar-refractivity contribution in [1.29, 1.82) is 0 Å². The summed E-state index contributed by atoms with van der Waals surface area (Å²) in [7, 11) is -2.77. The molecule has 37 heavy (non-hydrogen) atoms. The van der Waals surface area contributed by atoms with Crippen LogP contribution in [0.3, 0.4) is 0 Å². The summed E-state index contributed by atoms with van der Waals surface area (Å²) >= 11 is 0. The molecule has 0 radical (unpaired) electrons. The average Bonchev–Trinajstić information content (AvgIpc) is 3.48. The van der Waals surface area contributed by atoms with Gasteiger partial charge in [0.1, 0.15) is 12.3 Å². The minimum atomic E-state index is -2.77. The Bertz CT molecular complexity index is 1340. The average molecular weight is 517 g/mol. The molecule has 0 aliphatic carbocycles. The number of ether oxygens (including phenoxy) is 1. The maximum Gasteiger partial charge on any atom is 0.278 e. The molecule has 1 saturated heterocycles. The Morgan fingerprint density at radius 3 is 2.19 bits per heavy atom. The van der Waals surface area contributed by atoms with Crippen LogP contribution in [0.4, 0.5) is 5.69 Å². The molecule has 2 heterocycles. The van der Waals surface area contributed by atoms with Gasteiger partial charge in [0.2, 0.25) is 0 Å². The summed E-state index contributed by atoms with van der Waals surface area (Å²) in [6.07, 6.45) is 0.478. The first kappa shape index (κ1) is 25.4. The lowest BCUT2D eigenvalue weighted by Gasteiger charge is -2.43. The van der Waals surface area contributed by atoms with E-state index in [0.717, 1.165) is 0 Å². The second-order valence-electron chi connectivity index (χ2n) is 10.6. The fourth-order valence-electron chi connectivity index (χ4n) is 5.59. The summed E-state index contributed by atoms with van der Waals surface area (Å²) in [5.41, 5.74) is 0.765. The van der Waals surface area contributed by atoms with Gasteiger partial charge in [-0.3, -0.25) is 10.1 Å². The molecule has 0 saturated carbocycles. The summed E-state index contributed by atoms with van der Waals surface area (Å²) in [6.45, 7) is 6.89. The topological polar surface area (TPSA) is 86.8 Å². The van der Waals surface area contributed by atoms with Gasteiger partial charge in [0.05, 0.1) is 28.5 Å². The van der Waals surface area contributed by atoms with Gasteiger partial charge < -0.3 is 18.8 Å². The van der Waals surface area contributed by atoms with E-state index in [-0.39, 0.29) is 22.3 Å². The molecule has 1 aromatic heterocycles. The molecule has 1 fully saturated rings. The molecule has 3 aromatic carbocycles. The molecule has 0 bridgehead atoms. The third-order valence-electron chi connectivity index (χ3n) is 7.33. The maximum absolute atomic E-state index is 11.5. The van der Waals surface area contributed by atoms with E-state index >= 15 is 0 Å². The number of fused-ring (bicyclic) bond motifs is 1. The Morgan fingerprint density at radius 1 is 1.00 bits per heavy atom. The zero-order chi connectivity index (χ0) is 26.2. The molecule has 1 aliphatic rings. The van der Waals surface area contributed by atoms with Crippen LogP contribution >= 0.6 is 0 Å². The molecular formula is C29H32N2O5Si. The first-order valence-corrected chi connectivity index (χ1v) is 14.5. The molecule has 0 unspecified atom stereocenters. The lowest BCUT2D eigenvalue weighted by atomic mass is 10.2. The molecule has 0 spiro atoms. The van der Waals surface area contributed by atoms with Crippen molar-refractivity contribution in [3.63, 3.8) is 0 Å². The highest BCUT2D eigenvalue weighted by molar-refractivity contribution is 6.99. The molecule has 192 valence electrons. The second-order valence-corrected chi connectivity index (χ2v) is 14.9. The third kappa shape index (κ3) is 4.51. The van der Waals surface area contributed by atoms with Crippen LogP contribution in [0.25, 0.3) is 10.9 Å². The molecule has 5 rings (SSSR count). The number of hydrogen-bond acceptors (Lipinski definition) is 5. The molecule has 0 amide bonds. The number of nitro benzene ring substituents is 1. The van der Waals surface area contributed by atoms with Crippen LogP contribution < -0.4 is 10.4 Å². The Balaban J connectivity index is 1.45. The molecular weight excluding hydrogens is 484 g/mol. The van der Waals surface area contributed by atoms with E-state index in [4.69, 9.17) is 9.16 Å². The van der Waals surface area contributed by atoms with E-state index in [1.165, 1.54) is 16.4 Å². The lowest BCUT2D eigenvalue weighted by molar-refractivity contribution is -0.383. The van der Waals surface area contributed by atoms with Crippen molar-refractivity contribution < 1.29 is 19.2 Å². The van der Waals surface area contributed by atoms with Crippen LogP contribution in [0.2, 0.25) is 5.04 Å². The number of aliphatic hydroxyl groups excluding tert-OH is 1. The minimum absolute atomic E-state index is 0.0568. The van der Waals surface area contributed by atoms with Crippen molar-refractivity contribution >= 4 is 35.3 Å². The van der Waals surface area contributed by atoms with E-state index in [9.17, 15) is 15.2 Å². The highest BCUT2D eigenvalue weighted by Gasteiger charge is 2.51. The minimum Gasteiger partial charge on any atom is -0.405 e. The fraction of sp³-hybridized carbons (Fsp3) is 0.310. The summed E-state index contributed by atoms with van der Waals surface area (Å²) < 4.78 is 15.2. The van der Waals surface area contributed by atoms with Crippen molar-refractivity contribution in [1.82, 2.24) is 4.57 Å². The Hall–Kier alpha value is -3.30. The smallest absolute Gasteiger partial charge is 0.278 e. The van der Waals surface area contributed by atoms with E-state index in [1.807, 2.05) is 47.0 Å². The number of non-ortho nitro benzene ring substituents is 1. The Kier molecular flexibility index (Phi) is 6.76. The number of aromatic nitrogens is 1. The number of aliphatic hydroxyl groups is 1. The van der Waals surface area contributed by atoms with Crippen LogP contribution in [-0.4, -0.2) is 41.7 Å². The molecule has 7 nitrogen and oxygen atoms in total. The summed E-state index contributed by atoms with van der Waals surface area (Å²) in [5, 5.41) is 25.2. The summed E-state index contributed by atoms with van der Waals surface area (Å²) in [6, 6.07) is 27.5. The second kappa shape index (κ2) is 9.87. The zero-order valence-corrected chi connectivity index (χ0v) is 22.3.